The molecule has 8 heteroatoms. The van der Waals surface area contributed by atoms with Crippen molar-refractivity contribution >= 4 is 34.8 Å². The van der Waals surface area contributed by atoms with Crippen molar-refractivity contribution in [1.82, 2.24) is 0 Å². The molecule has 1 saturated heterocycles. The van der Waals surface area contributed by atoms with Crippen molar-refractivity contribution in [2.75, 3.05) is 4.90 Å². The van der Waals surface area contributed by atoms with Gasteiger partial charge in [0, 0.05) is 34.3 Å². The summed E-state index contributed by atoms with van der Waals surface area (Å²) in [5.74, 6) is -1.12. The molecule has 2 aliphatic heterocycles. The first-order valence-electron chi connectivity index (χ1n) is 10.8. The molecule has 3 aromatic rings. The van der Waals surface area contributed by atoms with E-state index >= 15 is 0 Å². The number of ketones is 1. The predicted octanol–water partition coefficient (Wildman–Crippen LogP) is 5.53. The molecule has 2 heterocycles. The van der Waals surface area contributed by atoms with Crippen molar-refractivity contribution in [1.29, 1.82) is 10.5 Å². The maximum Gasteiger partial charge on any atom is 0.269 e. The van der Waals surface area contributed by atoms with E-state index in [2.05, 4.69) is 12.1 Å². The highest BCUT2D eigenvalue weighted by atomic mass is 35.5. The normalized spacial score (nSPS) is 21.3. The number of nitro groups is 1. The number of nitro benzene ring substituents is 1. The molecule has 0 saturated carbocycles. The van der Waals surface area contributed by atoms with Crippen molar-refractivity contribution in [2.24, 2.45) is 5.41 Å². The molecule has 3 atom stereocenters. The predicted molar refractivity (Wildman–Crippen MR) is 131 cm³/mol. The van der Waals surface area contributed by atoms with Crippen molar-refractivity contribution in [3.05, 3.63) is 111 Å². The number of benzene rings is 3. The summed E-state index contributed by atoms with van der Waals surface area (Å²) < 4.78 is 0. The summed E-state index contributed by atoms with van der Waals surface area (Å²) in [6.45, 7) is 0. The van der Waals surface area contributed by atoms with Gasteiger partial charge in [-0.1, -0.05) is 66.2 Å². The number of fused-ring (bicyclic) bond motifs is 3. The van der Waals surface area contributed by atoms with Crippen LogP contribution in [0.4, 0.5) is 11.4 Å². The summed E-state index contributed by atoms with van der Waals surface area (Å²) in [5.41, 5.74) is 0.671. The molecular weight excluding hydrogens is 464 g/mol. The topological polar surface area (TPSA) is 111 Å². The van der Waals surface area contributed by atoms with Gasteiger partial charge in [-0.2, -0.15) is 10.5 Å². The SMILES string of the molecule is N#CC1(C#N)[C@H](c2ccc([N+](=O)[O-])cc2)[C@H](C(=O)c2ccccc2)N2c3ccc(Cl)cc3C=C[C@@H]21. The van der Waals surface area contributed by atoms with Gasteiger partial charge in [-0.3, -0.25) is 14.9 Å². The molecular formula is C27H17ClN4O3. The fourth-order valence-electron chi connectivity index (χ4n) is 5.21. The van der Waals surface area contributed by atoms with E-state index in [1.165, 1.54) is 24.3 Å². The third-order valence-electron chi connectivity index (χ3n) is 6.76. The number of carbonyl (C=O) groups excluding carboxylic acids is 1. The molecule has 0 aromatic heterocycles. The van der Waals surface area contributed by atoms with Gasteiger partial charge >= 0.3 is 0 Å². The van der Waals surface area contributed by atoms with Crippen molar-refractivity contribution in [3.8, 4) is 12.1 Å². The number of nitrogens with zero attached hydrogens (tertiary/aromatic N) is 4. The highest BCUT2D eigenvalue weighted by Crippen LogP contribution is 2.55. The summed E-state index contributed by atoms with van der Waals surface area (Å²) in [6, 6.07) is 22.5. The van der Waals surface area contributed by atoms with Crippen LogP contribution in [0.5, 0.6) is 0 Å². The van der Waals surface area contributed by atoms with Crippen LogP contribution in [0, 0.1) is 38.2 Å². The number of anilines is 1. The van der Waals surface area contributed by atoms with E-state index in [0.717, 1.165) is 5.56 Å². The lowest BCUT2D eigenvalue weighted by atomic mass is 9.69. The highest BCUT2D eigenvalue weighted by Gasteiger charge is 2.63. The van der Waals surface area contributed by atoms with Crippen molar-refractivity contribution in [2.45, 2.75) is 18.0 Å². The number of non-ortho nitro benzene ring substituents is 1. The van der Waals surface area contributed by atoms with E-state index in [9.17, 15) is 25.4 Å². The van der Waals surface area contributed by atoms with Gasteiger partial charge in [0.25, 0.3) is 5.69 Å². The molecule has 0 radical (unpaired) electrons. The van der Waals surface area contributed by atoms with E-state index < -0.39 is 28.3 Å². The first kappa shape index (κ1) is 22.3. The van der Waals surface area contributed by atoms with Crippen LogP contribution in [-0.4, -0.2) is 22.8 Å². The van der Waals surface area contributed by atoms with Gasteiger partial charge in [-0.05, 0) is 29.3 Å². The number of nitriles is 2. The summed E-state index contributed by atoms with van der Waals surface area (Å²) >= 11 is 6.21. The summed E-state index contributed by atoms with van der Waals surface area (Å²) in [5, 5.41) is 32.6. The molecule has 5 rings (SSSR count). The van der Waals surface area contributed by atoms with E-state index in [0.29, 0.717) is 21.8 Å². The lowest BCUT2D eigenvalue weighted by molar-refractivity contribution is -0.384. The molecule has 2 aliphatic rings. The second kappa shape index (κ2) is 8.39. The van der Waals surface area contributed by atoms with Gasteiger partial charge in [0.15, 0.2) is 11.2 Å². The molecule has 0 aliphatic carbocycles. The van der Waals surface area contributed by atoms with Crippen LogP contribution in [0.25, 0.3) is 6.08 Å². The lowest BCUT2D eigenvalue weighted by Gasteiger charge is -2.35. The van der Waals surface area contributed by atoms with Gasteiger partial charge in [0.2, 0.25) is 0 Å². The molecule has 0 amide bonds. The number of hydrogen-bond donors (Lipinski definition) is 0. The quantitative estimate of drug-likeness (QED) is 0.275. The Labute approximate surface area is 206 Å². The minimum atomic E-state index is -1.63. The van der Waals surface area contributed by atoms with Crippen LogP contribution >= 0.6 is 11.6 Å². The molecule has 0 spiro atoms. The number of rotatable bonds is 4. The van der Waals surface area contributed by atoms with E-state index in [-0.39, 0.29) is 11.5 Å². The van der Waals surface area contributed by atoms with Crippen LogP contribution in [0.15, 0.2) is 78.9 Å². The standard InChI is InChI=1S/C27H17ClN4O3/c28-20-9-12-22-19(14-20)8-13-23-27(15-29,16-30)24(17-6-10-21(11-7-17)32(34)35)25(31(22)23)26(33)18-4-2-1-3-5-18/h1-14,23-25H/t23-,24-,25-/m1/s1. The van der Waals surface area contributed by atoms with Gasteiger partial charge in [0.1, 0.15) is 6.04 Å². The monoisotopic (exact) mass is 480 g/mol. The Morgan fingerprint density at radius 2 is 1.71 bits per heavy atom. The number of carbonyl (C=O) groups is 1. The number of Topliss-reactive ketones (excluding diaryl/α,β-unsaturated/α-hetero) is 1. The Balaban J connectivity index is 1.77. The number of hydrogen-bond acceptors (Lipinski definition) is 6. The second-order valence-electron chi connectivity index (χ2n) is 8.51. The Kier molecular flexibility index (Phi) is 5.36. The fourth-order valence-corrected chi connectivity index (χ4v) is 5.40. The van der Waals surface area contributed by atoms with E-state index in [4.69, 9.17) is 11.6 Å². The summed E-state index contributed by atoms with van der Waals surface area (Å²) in [6.07, 6.45) is 3.58. The summed E-state index contributed by atoms with van der Waals surface area (Å²) in [7, 11) is 0. The Morgan fingerprint density at radius 3 is 2.34 bits per heavy atom. The molecule has 1 fully saturated rings. The second-order valence-corrected chi connectivity index (χ2v) is 8.94. The molecule has 0 bridgehead atoms. The smallest absolute Gasteiger partial charge is 0.269 e. The van der Waals surface area contributed by atoms with Crippen LogP contribution in [0.1, 0.15) is 27.4 Å². The molecule has 7 nitrogen and oxygen atoms in total. The molecule has 0 N–H and O–H groups in total. The zero-order valence-corrected chi connectivity index (χ0v) is 19.0. The van der Waals surface area contributed by atoms with Crippen molar-refractivity contribution < 1.29 is 9.72 Å². The van der Waals surface area contributed by atoms with Crippen molar-refractivity contribution in [3.63, 3.8) is 0 Å². The van der Waals surface area contributed by atoms with Crippen LogP contribution in [0.2, 0.25) is 5.02 Å². The number of halogens is 1. The van der Waals surface area contributed by atoms with Gasteiger partial charge in [0.05, 0.1) is 23.1 Å². The first-order valence-corrected chi connectivity index (χ1v) is 11.2. The van der Waals surface area contributed by atoms with Gasteiger partial charge in [-0.25, -0.2) is 0 Å². The molecule has 3 aromatic carbocycles. The highest BCUT2D eigenvalue weighted by molar-refractivity contribution is 6.30. The zero-order valence-electron chi connectivity index (χ0n) is 18.2. The Morgan fingerprint density at radius 1 is 1.03 bits per heavy atom. The van der Waals surface area contributed by atoms with Gasteiger partial charge in [-0.15, -0.1) is 0 Å². The average molecular weight is 481 g/mol. The van der Waals surface area contributed by atoms with Gasteiger partial charge < -0.3 is 4.90 Å². The molecule has 35 heavy (non-hydrogen) atoms. The first-order chi connectivity index (χ1) is 16.9. The third-order valence-corrected chi connectivity index (χ3v) is 6.99. The third kappa shape index (κ3) is 3.37. The summed E-state index contributed by atoms with van der Waals surface area (Å²) in [4.78, 5) is 26.6. The molecule has 0 unspecified atom stereocenters. The largest absolute Gasteiger partial charge is 0.351 e. The fraction of sp³-hybridized carbons (Fsp3) is 0.148. The zero-order chi connectivity index (χ0) is 24.7. The Bertz CT molecular complexity index is 1440. The molecule has 170 valence electrons. The average Bonchev–Trinajstić information content (AvgIpc) is 3.19. The maximum atomic E-state index is 14.0. The van der Waals surface area contributed by atoms with Crippen LogP contribution in [-0.2, 0) is 0 Å². The van der Waals surface area contributed by atoms with Crippen LogP contribution < -0.4 is 4.90 Å². The minimum Gasteiger partial charge on any atom is -0.351 e. The Hall–Kier alpha value is -4.46. The van der Waals surface area contributed by atoms with Crippen LogP contribution in [0.3, 0.4) is 0 Å². The maximum absolute atomic E-state index is 14.0. The van der Waals surface area contributed by atoms with E-state index in [1.54, 1.807) is 54.6 Å². The minimum absolute atomic E-state index is 0.116. The lowest BCUT2D eigenvalue weighted by Crippen LogP contribution is -2.44. The van der Waals surface area contributed by atoms with E-state index in [1.807, 2.05) is 11.0 Å².